The van der Waals surface area contributed by atoms with Crippen molar-refractivity contribution in [3.63, 3.8) is 0 Å². The van der Waals surface area contributed by atoms with Gasteiger partial charge in [-0.25, -0.2) is 0 Å². The number of ether oxygens (including phenoxy) is 1. The molecule has 0 aliphatic carbocycles. The van der Waals surface area contributed by atoms with E-state index in [1.165, 1.54) is 24.9 Å². The van der Waals surface area contributed by atoms with Crippen molar-refractivity contribution in [2.24, 2.45) is 0 Å². The average Bonchev–Trinajstić information content (AvgIpc) is 2.67. The Morgan fingerprint density at radius 1 is 1.04 bits per heavy atom. The van der Waals surface area contributed by atoms with Crippen molar-refractivity contribution >= 4 is 23.0 Å². The zero-order valence-electron chi connectivity index (χ0n) is 14.6. The molecule has 1 aliphatic heterocycles. The highest BCUT2D eigenvalue weighted by molar-refractivity contribution is 5.93. The highest BCUT2D eigenvalue weighted by Crippen LogP contribution is 2.22. The summed E-state index contributed by atoms with van der Waals surface area (Å²) >= 11 is 0. The molecule has 0 unspecified atom stereocenters. The van der Waals surface area contributed by atoms with Gasteiger partial charge in [0, 0.05) is 36.2 Å². The Hall–Kier alpha value is -2.69. The number of nitrogens with zero attached hydrogens (tertiary/aromatic N) is 1. The summed E-state index contributed by atoms with van der Waals surface area (Å²) in [6.07, 6.45) is 3.87. The average molecular weight is 339 g/mol. The van der Waals surface area contributed by atoms with E-state index in [2.05, 4.69) is 27.7 Å². The molecule has 1 saturated heterocycles. The van der Waals surface area contributed by atoms with Crippen LogP contribution in [0.3, 0.4) is 0 Å². The Labute approximate surface area is 149 Å². The fourth-order valence-electron chi connectivity index (χ4n) is 3.03. The molecule has 3 rings (SSSR count). The third-order valence-corrected chi connectivity index (χ3v) is 4.40. The van der Waals surface area contributed by atoms with Gasteiger partial charge in [-0.1, -0.05) is 6.07 Å². The number of hydrogen-bond donors (Lipinski definition) is 2. The van der Waals surface area contributed by atoms with E-state index in [9.17, 15) is 4.79 Å². The number of amides is 1. The van der Waals surface area contributed by atoms with Crippen molar-refractivity contribution < 1.29 is 9.53 Å². The van der Waals surface area contributed by atoms with Crippen LogP contribution in [0.5, 0.6) is 5.75 Å². The van der Waals surface area contributed by atoms with E-state index < -0.39 is 0 Å². The van der Waals surface area contributed by atoms with E-state index in [1.54, 1.807) is 13.2 Å². The van der Waals surface area contributed by atoms with E-state index in [-0.39, 0.29) is 12.5 Å². The Bertz CT molecular complexity index is 694. The third-order valence-electron chi connectivity index (χ3n) is 4.40. The van der Waals surface area contributed by atoms with Crippen LogP contribution in [0.1, 0.15) is 19.3 Å². The lowest BCUT2D eigenvalue weighted by atomic mass is 10.1. The fraction of sp³-hybridized carbons (Fsp3) is 0.350. The molecule has 5 nitrogen and oxygen atoms in total. The molecule has 2 aromatic rings. The molecule has 0 spiro atoms. The first kappa shape index (κ1) is 17.1. The van der Waals surface area contributed by atoms with Gasteiger partial charge >= 0.3 is 0 Å². The smallest absolute Gasteiger partial charge is 0.243 e. The number of methoxy groups -OCH3 is 1. The standard InChI is InChI=1S/C20H25N3O2/c1-25-19-7-5-6-17(14-19)22-20(24)15-21-16-8-10-18(11-9-16)23-12-3-2-4-13-23/h5-11,14,21H,2-4,12-13,15H2,1H3,(H,22,24). The summed E-state index contributed by atoms with van der Waals surface area (Å²) < 4.78 is 5.16. The van der Waals surface area contributed by atoms with Gasteiger partial charge in [0.15, 0.2) is 0 Å². The van der Waals surface area contributed by atoms with Gasteiger partial charge in [-0.05, 0) is 55.7 Å². The van der Waals surface area contributed by atoms with Gasteiger partial charge in [0.1, 0.15) is 5.75 Å². The number of carbonyl (C=O) groups is 1. The Kier molecular flexibility index (Phi) is 5.77. The van der Waals surface area contributed by atoms with Crippen LogP contribution in [0.25, 0.3) is 0 Å². The molecular formula is C20H25N3O2. The molecule has 0 atom stereocenters. The predicted molar refractivity (Wildman–Crippen MR) is 103 cm³/mol. The summed E-state index contributed by atoms with van der Waals surface area (Å²) in [6, 6.07) is 15.6. The van der Waals surface area contributed by atoms with Gasteiger partial charge in [0.2, 0.25) is 5.91 Å². The van der Waals surface area contributed by atoms with Crippen LogP contribution < -0.4 is 20.3 Å². The number of hydrogen-bond acceptors (Lipinski definition) is 4. The highest BCUT2D eigenvalue weighted by atomic mass is 16.5. The van der Waals surface area contributed by atoms with Gasteiger partial charge in [0.25, 0.3) is 0 Å². The molecule has 0 aromatic heterocycles. The minimum Gasteiger partial charge on any atom is -0.497 e. The number of nitrogens with one attached hydrogen (secondary N) is 2. The second kappa shape index (κ2) is 8.42. The number of piperidine rings is 1. The van der Waals surface area contributed by atoms with Gasteiger partial charge in [0.05, 0.1) is 13.7 Å². The first-order valence-electron chi connectivity index (χ1n) is 8.77. The van der Waals surface area contributed by atoms with E-state index >= 15 is 0 Å². The van der Waals surface area contributed by atoms with E-state index in [4.69, 9.17) is 4.74 Å². The summed E-state index contributed by atoms with van der Waals surface area (Å²) in [7, 11) is 1.61. The maximum atomic E-state index is 12.1. The van der Waals surface area contributed by atoms with Crippen LogP contribution in [-0.2, 0) is 4.79 Å². The van der Waals surface area contributed by atoms with Crippen molar-refractivity contribution in [3.05, 3.63) is 48.5 Å². The highest BCUT2D eigenvalue weighted by Gasteiger charge is 2.10. The summed E-state index contributed by atoms with van der Waals surface area (Å²) in [5, 5.41) is 6.02. The molecule has 0 bridgehead atoms. The zero-order valence-corrected chi connectivity index (χ0v) is 14.6. The maximum Gasteiger partial charge on any atom is 0.243 e. The lowest BCUT2D eigenvalue weighted by molar-refractivity contribution is -0.114. The number of anilines is 3. The van der Waals surface area contributed by atoms with Gasteiger partial charge < -0.3 is 20.3 Å². The Morgan fingerprint density at radius 3 is 2.52 bits per heavy atom. The van der Waals surface area contributed by atoms with Gasteiger partial charge in [-0.15, -0.1) is 0 Å². The SMILES string of the molecule is COc1cccc(NC(=O)CNc2ccc(N3CCCCC3)cc2)c1. The first-order valence-corrected chi connectivity index (χ1v) is 8.77. The molecule has 1 amide bonds. The van der Waals surface area contributed by atoms with E-state index in [0.29, 0.717) is 0 Å². The molecule has 132 valence electrons. The van der Waals surface area contributed by atoms with Gasteiger partial charge in [-0.3, -0.25) is 4.79 Å². The normalized spacial score (nSPS) is 14.0. The molecular weight excluding hydrogens is 314 g/mol. The maximum absolute atomic E-state index is 12.1. The number of benzene rings is 2. The topological polar surface area (TPSA) is 53.6 Å². The molecule has 5 heteroatoms. The van der Waals surface area contributed by atoms with Crippen LogP contribution in [0.4, 0.5) is 17.1 Å². The van der Waals surface area contributed by atoms with Crippen LogP contribution in [0.2, 0.25) is 0 Å². The van der Waals surface area contributed by atoms with Gasteiger partial charge in [-0.2, -0.15) is 0 Å². The van der Waals surface area contributed by atoms with Crippen LogP contribution in [0, 0.1) is 0 Å². The minimum atomic E-state index is -0.0895. The molecule has 0 saturated carbocycles. The molecule has 1 heterocycles. The van der Waals surface area contributed by atoms with Crippen molar-refractivity contribution in [1.29, 1.82) is 0 Å². The quantitative estimate of drug-likeness (QED) is 0.842. The number of rotatable bonds is 6. The summed E-state index contributed by atoms with van der Waals surface area (Å²) in [6.45, 7) is 2.49. The largest absolute Gasteiger partial charge is 0.497 e. The molecule has 2 aromatic carbocycles. The monoisotopic (exact) mass is 339 g/mol. The van der Waals surface area contributed by atoms with Crippen LogP contribution >= 0.6 is 0 Å². The first-order chi connectivity index (χ1) is 12.2. The Balaban J connectivity index is 1.49. The van der Waals surface area contributed by atoms with Crippen LogP contribution in [-0.4, -0.2) is 32.7 Å². The van der Waals surface area contributed by atoms with E-state index in [0.717, 1.165) is 30.2 Å². The second-order valence-electron chi connectivity index (χ2n) is 6.23. The third kappa shape index (κ3) is 4.89. The number of carbonyl (C=O) groups excluding carboxylic acids is 1. The van der Waals surface area contributed by atoms with Crippen molar-refractivity contribution in [2.75, 3.05) is 42.3 Å². The summed E-state index contributed by atoms with van der Waals surface area (Å²) in [4.78, 5) is 14.5. The Morgan fingerprint density at radius 2 is 1.80 bits per heavy atom. The predicted octanol–water partition coefficient (Wildman–Crippen LogP) is 3.74. The minimum absolute atomic E-state index is 0.0895. The molecule has 0 radical (unpaired) electrons. The fourth-order valence-corrected chi connectivity index (χ4v) is 3.03. The molecule has 2 N–H and O–H groups in total. The van der Waals surface area contributed by atoms with Crippen molar-refractivity contribution in [3.8, 4) is 5.75 Å². The summed E-state index contributed by atoms with van der Waals surface area (Å²) in [5.41, 5.74) is 2.93. The summed E-state index contributed by atoms with van der Waals surface area (Å²) in [5.74, 6) is 0.632. The van der Waals surface area contributed by atoms with Crippen molar-refractivity contribution in [1.82, 2.24) is 0 Å². The second-order valence-corrected chi connectivity index (χ2v) is 6.23. The molecule has 1 aliphatic rings. The van der Waals surface area contributed by atoms with Crippen LogP contribution in [0.15, 0.2) is 48.5 Å². The van der Waals surface area contributed by atoms with E-state index in [1.807, 2.05) is 30.3 Å². The lowest BCUT2D eigenvalue weighted by Crippen LogP contribution is -2.29. The molecule has 25 heavy (non-hydrogen) atoms. The molecule has 1 fully saturated rings. The lowest BCUT2D eigenvalue weighted by Gasteiger charge is -2.28. The van der Waals surface area contributed by atoms with Crippen molar-refractivity contribution in [2.45, 2.75) is 19.3 Å². The zero-order chi connectivity index (χ0) is 17.5.